The Bertz CT molecular complexity index is 1200. The lowest BCUT2D eigenvalue weighted by Crippen LogP contribution is -2.40. The minimum atomic E-state index is -4.54. The zero-order valence-electron chi connectivity index (χ0n) is 19.2. The molecule has 8 nitrogen and oxygen atoms in total. The quantitative estimate of drug-likeness (QED) is 0.559. The molecule has 2 aliphatic rings. The largest absolute Gasteiger partial charge is 0.477 e. The van der Waals surface area contributed by atoms with Gasteiger partial charge in [-0.2, -0.15) is 18.3 Å². The number of benzene rings is 1. The minimum absolute atomic E-state index is 0.0989. The highest BCUT2D eigenvalue weighted by Crippen LogP contribution is 2.36. The molecule has 1 fully saturated rings. The number of hydrogen-bond acceptors (Lipinski definition) is 6. The Morgan fingerprint density at radius 3 is 2.57 bits per heavy atom. The second-order valence-electron chi connectivity index (χ2n) is 8.70. The monoisotopic (exact) mass is 486 g/mol. The summed E-state index contributed by atoms with van der Waals surface area (Å²) in [5.74, 6) is 0.771. The number of nitrogens with zero attached hydrogens (tertiary/aromatic N) is 6. The van der Waals surface area contributed by atoms with E-state index < -0.39 is 11.9 Å². The van der Waals surface area contributed by atoms with E-state index in [9.17, 15) is 18.0 Å². The molecule has 1 amide bonds. The van der Waals surface area contributed by atoms with E-state index >= 15 is 0 Å². The molecule has 11 heteroatoms. The van der Waals surface area contributed by atoms with Gasteiger partial charge < -0.3 is 14.5 Å². The van der Waals surface area contributed by atoms with Crippen molar-refractivity contribution in [1.82, 2.24) is 24.6 Å². The number of aryl methyl sites for hydroxylation is 1. The first kappa shape index (κ1) is 23.1. The predicted molar refractivity (Wildman–Crippen MR) is 122 cm³/mol. The van der Waals surface area contributed by atoms with Crippen LogP contribution in [-0.4, -0.2) is 62.8 Å². The molecule has 35 heavy (non-hydrogen) atoms. The third-order valence-corrected chi connectivity index (χ3v) is 6.40. The van der Waals surface area contributed by atoms with Crippen molar-refractivity contribution >= 4 is 11.7 Å². The molecule has 0 bridgehead atoms. The van der Waals surface area contributed by atoms with E-state index in [0.29, 0.717) is 62.2 Å². The number of ether oxygens (including phenoxy) is 1. The summed E-state index contributed by atoms with van der Waals surface area (Å²) in [6.07, 6.45) is -1.21. The molecule has 2 aliphatic heterocycles. The molecule has 0 saturated carbocycles. The Balaban J connectivity index is 1.40. The molecule has 184 valence electrons. The second kappa shape index (κ2) is 9.20. The van der Waals surface area contributed by atoms with Crippen LogP contribution in [0.3, 0.4) is 0 Å². The molecule has 0 unspecified atom stereocenters. The van der Waals surface area contributed by atoms with Crippen LogP contribution < -0.4 is 9.64 Å². The van der Waals surface area contributed by atoms with Crippen LogP contribution in [0.5, 0.6) is 5.88 Å². The molecular formula is C24H25F3N6O2. The van der Waals surface area contributed by atoms with Crippen LogP contribution in [-0.2, 0) is 12.7 Å². The zero-order chi connectivity index (χ0) is 24.6. The minimum Gasteiger partial charge on any atom is -0.477 e. The second-order valence-corrected chi connectivity index (χ2v) is 8.70. The zero-order valence-corrected chi connectivity index (χ0v) is 19.2. The van der Waals surface area contributed by atoms with Gasteiger partial charge in [-0.05, 0) is 18.9 Å². The van der Waals surface area contributed by atoms with Crippen molar-refractivity contribution in [2.75, 3.05) is 31.1 Å². The van der Waals surface area contributed by atoms with Crippen molar-refractivity contribution in [3.8, 4) is 17.0 Å². The van der Waals surface area contributed by atoms with Gasteiger partial charge in [0.05, 0.1) is 24.6 Å². The van der Waals surface area contributed by atoms with Gasteiger partial charge in [-0.1, -0.05) is 30.3 Å². The third kappa shape index (κ3) is 4.54. The molecule has 0 radical (unpaired) electrons. The lowest BCUT2D eigenvalue weighted by Gasteiger charge is -2.26. The summed E-state index contributed by atoms with van der Waals surface area (Å²) in [7, 11) is 0. The van der Waals surface area contributed by atoms with Gasteiger partial charge in [0.25, 0.3) is 5.91 Å². The van der Waals surface area contributed by atoms with E-state index in [2.05, 4.69) is 15.1 Å². The van der Waals surface area contributed by atoms with Crippen molar-refractivity contribution < 1.29 is 22.7 Å². The Hall–Kier alpha value is -3.63. The SMILES string of the molecule is C[C@@H]1CCN(c2cnc(C(F)(F)F)cn2)CCN1C(=O)c1nn2c(c1-c1ccccc1)OCCC2. The van der Waals surface area contributed by atoms with Gasteiger partial charge in [0.1, 0.15) is 5.82 Å². The summed E-state index contributed by atoms with van der Waals surface area (Å²) in [5, 5.41) is 4.64. The van der Waals surface area contributed by atoms with Gasteiger partial charge in [0.2, 0.25) is 5.88 Å². The van der Waals surface area contributed by atoms with Gasteiger partial charge in [-0.3, -0.25) is 4.79 Å². The Morgan fingerprint density at radius 2 is 1.86 bits per heavy atom. The number of carbonyl (C=O) groups is 1. The first-order valence-electron chi connectivity index (χ1n) is 11.6. The van der Waals surface area contributed by atoms with E-state index in [1.165, 1.54) is 0 Å². The van der Waals surface area contributed by atoms with Gasteiger partial charge in [-0.15, -0.1) is 0 Å². The summed E-state index contributed by atoms with van der Waals surface area (Å²) in [4.78, 5) is 24.9. The molecule has 0 N–H and O–H groups in total. The number of amides is 1. The maximum absolute atomic E-state index is 13.8. The maximum atomic E-state index is 13.8. The number of halogens is 3. The van der Waals surface area contributed by atoms with Crippen molar-refractivity contribution in [1.29, 1.82) is 0 Å². The molecule has 4 heterocycles. The number of aromatic nitrogens is 4. The van der Waals surface area contributed by atoms with E-state index in [1.807, 2.05) is 42.2 Å². The van der Waals surface area contributed by atoms with Crippen LogP contribution in [0.15, 0.2) is 42.7 Å². The fraction of sp³-hybridized carbons (Fsp3) is 0.417. The summed E-state index contributed by atoms with van der Waals surface area (Å²) in [6.45, 7) is 4.55. The normalized spacial score (nSPS) is 18.6. The van der Waals surface area contributed by atoms with Gasteiger partial charge >= 0.3 is 6.18 Å². The fourth-order valence-corrected chi connectivity index (χ4v) is 4.50. The van der Waals surface area contributed by atoms with Gasteiger partial charge in [-0.25, -0.2) is 14.6 Å². The van der Waals surface area contributed by atoms with Gasteiger partial charge in [0, 0.05) is 38.6 Å². The van der Waals surface area contributed by atoms with Crippen molar-refractivity contribution in [3.63, 3.8) is 0 Å². The van der Waals surface area contributed by atoms with Gasteiger partial charge in [0.15, 0.2) is 11.4 Å². The molecule has 2 aromatic heterocycles. The fourth-order valence-electron chi connectivity index (χ4n) is 4.50. The Kier molecular flexibility index (Phi) is 6.08. The number of alkyl halides is 3. The van der Waals surface area contributed by atoms with Crippen LogP contribution in [0.2, 0.25) is 0 Å². The van der Waals surface area contributed by atoms with E-state index in [0.717, 1.165) is 24.4 Å². The number of rotatable bonds is 3. The number of carbonyl (C=O) groups excluding carboxylic acids is 1. The van der Waals surface area contributed by atoms with Crippen molar-refractivity contribution in [2.45, 2.75) is 38.5 Å². The smallest absolute Gasteiger partial charge is 0.434 e. The molecule has 1 atom stereocenters. The highest BCUT2D eigenvalue weighted by atomic mass is 19.4. The molecule has 3 aromatic rings. The Labute approximate surface area is 200 Å². The van der Waals surface area contributed by atoms with Crippen molar-refractivity contribution in [2.24, 2.45) is 0 Å². The molecule has 1 saturated heterocycles. The number of fused-ring (bicyclic) bond motifs is 1. The molecule has 0 spiro atoms. The first-order chi connectivity index (χ1) is 16.8. The van der Waals surface area contributed by atoms with Crippen LogP contribution in [0, 0.1) is 0 Å². The lowest BCUT2D eigenvalue weighted by atomic mass is 10.0. The van der Waals surface area contributed by atoms with Crippen LogP contribution in [0.25, 0.3) is 11.1 Å². The average molecular weight is 486 g/mol. The highest BCUT2D eigenvalue weighted by molar-refractivity contribution is 6.00. The number of hydrogen-bond donors (Lipinski definition) is 0. The molecule has 0 aliphatic carbocycles. The topological polar surface area (TPSA) is 76.4 Å². The Morgan fingerprint density at radius 1 is 1.06 bits per heavy atom. The summed E-state index contributed by atoms with van der Waals surface area (Å²) >= 11 is 0. The first-order valence-corrected chi connectivity index (χ1v) is 11.6. The summed E-state index contributed by atoms with van der Waals surface area (Å²) in [6, 6.07) is 9.50. The molecular weight excluding hydrogens is 461 g/mol. The highest BCUT2D eigenvalue weighted by Gasteiger charge is 2.35. The average Bonchev–Trinajstić information content (AvgIpc) is 3.14. The van der Waals surface area contributed by atoms with Crippen LogP contribution in [0.1, 0.15) is 35.9 Å². The molecule has 5 rings (SSSR count). The standard InChI is InChI=1S/C24H25F3N6O2/c1-16-8-10-31(19-15-28-18(14-29-19)24(25,26)27)11-12-32(16)22(34)21-20(17-6-3-2-4-7-17)23-33(30-21)9-5-13-35-23/h2-4,6-7,14-16H,5,8-13H2,1H3/t16-/m1/s1. The predicted octanol–water partition coefficient (Wildman–Crippen LogP) is 3.88. The number of anilines is 1. The third-order valence-electron chi connectivity index (χ3n) is 6.40. The molecule has 1 aromatic carbocycles. The summed E-state index contributed by atoms with van der Waals surface area (Å²) < 4.78 is 46.2. The van der Waals surface area contributed by atoms with E-state index in [-0.39, 0.29) is 11.9 Å². The van der Waals surface area contributed by atoms with Crippen LogP contribution in [0.4, 0.5) is 19.0 Å². The summed E-state index contributed by atoms with van der Waals surface area (Å²) in [5.41, 5.74) is 0.878. The van der Waals surface area contributed by atoms with E-state index in [1.54, 1.807) is 9.58 Å². The maximum Gasteiger partial charge on any atom is 0.434 e. The van der Waals surface area contributed by atoms with Crippen molar-refractivity contribution in [3.05, 3.63) is 54.1 Å². The van der Waals surface area contributed by atoms with Crippen LogP contribution >= 0.6 is 0 Å². The van der Waals surface area contributed by atoms with E-state index in [4.69, 9.17) is 4.74 Å². The lowest BCUT2D eigenvalue weighted by molar-refractivity contribution is -0.141.